The molecule has 0 bridgehead atoms. The first-order valence-corrected chi connectivity index (χ1v) is 24.8. The van der Waals surface area contributed by atoms with Gasteiger partial charge in [0.1, 0.15) is 11.2 Å². The normalized spacial score (nSPS) is 11.3. The van der Waals surface area contributed by atoms with E-state index >= 15 is 0 Å². The summed E-state index contributed by atoms with van der Waals surface area (Å²) in [7, 11) is 0. The van der Waals surface area contributed by atoms with Crippen LogP contribution in [-0.4, -0.2) is 31.7 Å². The summed E-state index contributed by atoms with van der Waals surface area (Å²) in [4.78, 5) is 32.1. The predicted octanol–water partition coefficient (Wildman–Crippen LogP) is 17.3. The maximum atomic E-state index is 10.0. The summed E-state index contributed by atoms with van der Waals surface area (Å²) in [5.41, 5.74) is 12.2. The molecule has 374 valence electrons. The number of para-hydroxylation sites is 2. The van der Waals surface area contributed by atoms with Crippen molar-refractivity contribution in [1.82, 2.24) is 9.97 Å². The van der Waals surface area contributed by atoms with Gasteiger partial charge in [-0.3, -0.25) is 9.59 Å². The van der Waals surface area contributed by atoms with Crippen LogP contribution < -0.4 is 0 Å². The van der Waals surface area contributed by atoms with Crippen LogP contribution in [0.3, 0.4) is 0 Å². The van der Waals surface area contributed by atoms with Crippen molar-refractivity contribution in [3.05, 3.63) is 205 Å². The Morgan fingerprint density at radius 2 is 0.959 bits per heavy atom. The van der Waals surface area contributed by atoms with E-state index < -0.39 is 0 Å². The molecule has 0 aliphatic carbocycles. The van der Waals surface area contributed by atoms with Crippen molar-refractivity contribution in [2.24, 2.45) is 0 Å². The number of hydrogen-bond donors (Lipinski definition) is 2. The Hall–Kier alpha value is -7.14. The largest absolute Gasteiger partial charge is 0.512 e. The van der Waals surface area contributed by atoms with Crippen molar-refractivity contribution in [1.29, 1.82) is 0 Å². The van der Waals surface area contributed by atoms with E-state index in [-0.39, 0.29) is 63.3 Å². The minimum Gasteiger partial charge on any atom is -0.512 e. The van der Waals surface area contributed by atoms with Gasteiger partial charge < -0.3 is 29.0 Å². The number of nitrogens with zero attached hydrogens (tertiary/aromatic N) is 2. The van der Waals surface area contributed by atoms with Crippen molar-refractivity contribution < 1.29 is 68.8 Å². The van der Waals surface area contributed by atoms with Crippen molar-refractivity contribution in [3.63, 3.8) is 0 Å². The SMILES string of the molecule is CC(=O)C=C(C)O.CC(=O)C=C(C)O.Cc1cccc(C)c1-c1cc2cc(-c3[c-]ccc4c3oc3ccccc34)ncc2s1.[Ir].[Ir].[c-]1ccc2c(oc3ccccc32)c1-c1cc2cc(-c3ccccc3)sc2cn1. The first-order valence-electron chi connectivity index (χ1n) is 23.1. The quantitative estimate of drug-likeness (QED) is 0.0958. The summed E-state index contributed by atoms with van der Waals surface area (Å²) < 4.78 is 14.7. The molecule has 0 aliphatic heterocycles. The summed E-state index contributed by atoms with van der Waals surface area (Å²) in [6.45, 7) is 10.0. The first-order chi connectivity index (χ1) is 34.8. The molecular formula is C62H48Ir2N2O6S2-2. The number of aliphatic hydroxyl groups is 2. The number of thiophene rings is 2. The second-order valence-corrected chi connectivity index (χ2v) is 19.4. The molecule has 6 aromatic heterocycles. The standard InChI is InChI=1S/C27H18NOS.C25H14NOS.2C5H8O2.2Ir/c1-16-7-5-8-17(2)26(16)24-14-18-13-22(28-15-25(18)30-24)21-11-6-10-20-19-9-3-4-12-23(19)29-27(20)21;1-2-7-16(8-3-1)23-14-17-13-21(26-15-24(17)28-23)20-11-6-10-19-18-9-4-5-12-22(18)27-25(19)20;2*1-4(6)3-5(2)7;;/h3-10,12-15H,1-2H3;1-10,12-15H;2*3,6H,1-2H3;;/q2*-1;;;;. The Morgan fingerprint density at radius 3 is 1.41 bits per heavy atom. The Labute approximate surface area is 463 Å². The summed E-state index contributed by atoms with van der Waals surface area (Å²) in [6.07, 6.45) is 6.26. The molecule has 0 spiro atoms. The number of aryl methyl sites for hydroxylation is 2. The van der Waals surface area contributed by atoms with Gasteiger partial charge in [0, 0.05) is 85.3 Å². The van der Waals surface area contributed by atoms with Crippen LogP contribution in [0, 0.1) is 26.0 Å². The van der Waals surface area contributed by atoms with Crippen molar-refractivity contribution in [2.75, 3.05) is 0 Å². The third-order valence-electron chi connectivity index (χ3n) is 11.6. The molecule has 0 aliphatic rings. The van der Waals surface area contributed by atoms with E-state index in [0.717, 1.165) is 66.4 Å². The number of hydrogen-bond acceptors (Lipinski definition) is 10. The zero-order chi connectivity index (χ0) is 50.5. The molecule has 2 radical (unpaired) electrons. The summed E-state index contributed by atoms with van der Waals surface area (Å²) in [5, 5.41) is 23.6. The van der Waals surface area contributed by atoms with Crippen LogP contribution in [0.25, 0.3) is 107 Å². The number of fused-ring (bicyclic) bond motifs is 8. The molecule has 0 unspecified atom stereocenters. The molecule has 12 rings (SSSR count). The molecule has 74 heavy (non-hydrogen) atoms. The minimum atomic E-state index is -0.125. The van der Waals surface area contributed by atoms with Gasteiger partial charge in [0.2, 0.25) is 0 Å². The predicted molar refractivity (Wildman–Crippen MR) is 297 cm³/mol. The number of allylic oxidation sites excluding steroid dienone is 4. The van der Waals surface area contributed by atoms with E-state index in [1.807, 2.05) is 67.0 Å². The third-order valence-corrected chi connectivity index (χ3v) is 13.8. The molecule has 6 aromatic carbocycles. The summed E-state index contributed by atoms with van der Waals surface area (Å²) in [5.74, 6) is -0.125. The van der Waals surface area contributed by atoms with Crippen molar-refractivity contribution in [2.45, 2.75) is 41.5 Å². The van der Waals surface area contributed by atoms with Crippen LogP contribution >= 0.6 is 22.7 Å². The van der Waals surface area contributed by atoms with E-state index in [0.29, 0.717) is 0 Å². The van der Waals surface area contributed by atoms with Gasteiger partial charge in [0.15, 0.2) is 11.6 Å². The summed E-state index contributed by atoms with van der Waals surface area (Å²) in [6, 6.07) is 56.7. The fourth-order valence-corrected chi connectivity index (χ4v) is 10.8. The second-order valence-electron chi connectivity index (χ2n) is 17.2. The zero-order valence-electron chi connectivity index (χ0n) is 41.1. The molecular weight excluding hydrogens is 1320 g/mol. The molecule has 12 aromatic rings. The zero-order valence-corrected chi connectivity index (χ0v) is 47.5. The van der Waals surface area contributed by atoms with E-state index in [9.17, 15) is 9.59 Å². The fourth-order valence-electron chi connectivity index (χ4n) is 8.59. The molecule has 2 N–H and O–H groups in total. The molecule has 0 saturated carbocycles. The second kappa shape index (κ2) is 24.3. The van der Waals surface area contributed by atoms with Gasteiger partial charge in [-0.2, -0.15) is 0 Å². The monoisotopic (exact) mass is 1370 g/mol. The van der Waals surface area contributed by atoms with E-state index in [1.54, 1.807) is 22.7 Å². The first kappa shape index (κ1) is 54.6. The van der Waals surface area contributed by atoms with Gasteiger partial charge in [-0.25, -0.2) is 0 Å². The third kappa shape index (κ3) is 12.3. The molecule has 0 amide bonds. The van der Waals surface area contributed by atoms with Gasteiger partial charge in [-0.1, -0.05) is 119 Å². The molecule has 6 heterocycles. The van der Waals surface area contributed by atoms with Crippen LogP contribution in [-0.2, 0) is 49.8 Å². The fraction of sp³-hybridized carbons (Fsp3) is 0.0968. The maximum Gasteiger partial charge on any atom is 0.155 e. The van der Waals surface area contributed by atoms with Gasteiger partial charge >= 0.3 is 0 Å². The van der Waals surface area contributed by atoms with Gasteiger partial charge in [0.05, 0.1) is 32.1 Å². The van der Waals surface area contributed by atoms with Gasteiger partial charge in [-0.05, 0) is 110 Å². The van der Waals surface area contributed by atoms with Crippen LogP contribution in [0.15, 0.2) is 190 Å². The van der Waals surface area contributed by atoms with Gasteiger partial charge in [-0.15, -0.1) is 59.1 Å². The van der Waals surface area contributed by atoms with E-state index in [1.165, 1.54) is 92.0 Å². The Bertz CT molecular complexity index is 3980. The average molecular weight is 1370 g/mol. The molecule has 0 saturated heterocycles. The number of carbonyl (C=O) groups excluding carboxylic acids is 2. The minimum absolute atomic E-state index is 0. The topological polar surface area (TPSA) is 127 Å². The molecule has 0 fully saturated rings. The Balaban J connectivity index is 0.000000169. The molecule has 0 atom stereocenters. The number of carbonyl (C=O) groups is 2. The molecule has 12 heteroatoms. The Kier molecular flexibility index (Phi) is 17.9. The number of aromatic nitrogens is 2. The number of rotatable bonds is 6. The smallest absolute Gasteiger partial charge is 0.155 e. The van der Waals surface area contributed by atoms with Crippen LogP contribution in [0.4, 0.5) is 0 Å². The summed E-state index contributed by atoms with van der Waals surface area (Å²) >= 11 is 3.56. The van der Waals surface area contributed by atoms with Crippen LogP contribution in [0.5, 0.6) is 0 Å². The maximum absolute atomic E-state index is 10.0. The van der Waals surface area contributed by atoms with Crippen molar-refractivity contribution >= 4 is 98.3 Å². The Morgan fingerprint density at radius 1 is 0.527 bits per heavy atom. The van der Waals surface area contributed by atoms with Crippen LogP contribution in [0.2, 0.25) is 0 Å². The number of furan rings is 2. The van der Waals surface area contributed by atoms with Crippen LogP contribution in [0.1, 0.15) is 38.8 Å². The number of aliphatic hydroxyl groups excluding tert-OH is 2. The number of pyridine rings is 2. The number of ketones is 2. The van der Waals surface area contributed by atoms with E-state index in [4.69, 9.17) is 29.0 Å². The average Bonchev–Trinajstić information content (AvgIpc) is 4.16. The number of benzene rings is 6. The van der Waals surface area contributed by atoms with Crippen molar-refractivity contribution in [3.8, 4) is 43.4 Å². The van der Waals surface area contributed by atoms with E-state index in [2.05, 4.69) is 117 Å². The molecule has 8 nitrogen and oxygen atoms in total. The van der Waals surface area contributed by atoms with Gasteiger partial charge in [0.25, 0.3) is 0 Å².